The van der Waals surface area contributed by atoms with E-state index >= 15 is 0 Å². The first-order chi connectivity index (χ1) is 7.76. The van der Waals surface area contributed by atoms with E-state index in [0.717, 1.165) is 18.8 Å². The van der Waals surface area contributed by atoms with E-state index in [1.165, 1.54) is 5.56 Å². The molecule has 0 aromatic heterocycles. The highest BCUT2D eigenvalue weighted by Gasteiger charge is 2.16. The van der Waals surface area contributed by atoms with Crippen LogP contribution in [0.25, 0.3) is 0 Å². The van der Waals surface area contributed by atoms with Crippen molar-refractivity contribution >= 4 is 11.6 Å². The Bertz CT molecular complexity index is 313. The maximum absolute atomic E-state index is 6.07. The van der Waals surface area contributed by atoms with Crippen LogP contribution in [0.3, 0.4) is 0 Å². The van der Waals surface area contributed by atoms with Crippen LogP contribution in [-0.4, -0.2) is 31.0 Å². The number of rotatable bonds is 6. The lowest BCUT2D eigenvalue weighted by atomic mass is 10.1. The van der Waals surface area contributed by atoms with E-state index in [0.29, 0.717) is 5.88 Å². The van der Waals surface area contributed by atoms with Gasteiger partial charge in [0.25, 0.3) is 0 Å². The van der Waals surface area contributed by atoms with Crippen LogP contribution in [0, 0.1) is 0 Å². The second-order valence-corrected chi connectivity index (χ2v) is 3.98. The highest BCUT2D eigenvalue weighted by atomic mass is 35.5. The van der Waals surface area contributed by atoms with Crippen molar-refractivity contribution in [2.45, 2.75) is 19.9 Å². The van der Waals surface area contributed by atoms with Crippen molar-refractivity contribution in [3.05, 3.63) is 29.8 Å². The fourth-order valence-corrected chi connectivity index (χ4v) is 2.28. The molecule has 16 heavy (non-hydrogen) atoms. The summed E-state index contributed by atoms with van der Waals surface area (Å²) in [5.41, 5.74) is 1.22. The average molecular weight is 242 g/mol. The predicted octanol–water partition coefficient (Wildman–Crippen LogP) is 3.32. The predicted molar refractivity (Wildman–Crippen MR) is 69.4 cm³/mol. The Labute approximate surface area is 103 Å². The standard InChI is InChI=1S/C13H20ClNO/c1-4-15(5-2)13(10-14)11-7-6-8-12(9-11)16-3/h6-9,13H,4-5,10H2,1-3H3. The molecule has 1 rings (SSSR count). The normalized spacial score (nSPS) is 12.8. The third kappa shape index (κ3) is 3.13. The summed E-state index contributed by atoms with van der Waals surface area (Å²) in [6.45, 7) is 6.32. The Morgan fingerprint density at radius 1 is 1.31 bits per heavy atom. The van der Waals surface area contributed by atoms with Crippen LogP contribution in [0.5, 0.6) is 5.75 Å². The molecule has 1 aromatic rings. The van der Waals surface area contributed by atoms with Crippen molar-refractivity contribution in [2.24, 2.45) is 0 Å². The van der Waals surface area contributed by atoms with Crippen molar-refractivity contribution in [1.82, 2.24) is 4.90 Å². The van der Waals surface area contributed by atoms with E-state index in [1.807, 2.05) is 12.1 Å². The van der Waals surface area contributed by atoms with Crippen molar-refractivity contribution in [3.8, 4) is 5.75 Å². The van der Waals surface area contributed by atoms with E-state index < -0.39 is 0 Å². The summed E-state index contributed by atoms with van der Waals surface area (Å²) in [5, 5.41) is 0. The molecule has 2 nitrogen and oxygen atoms in total. The molecule has 1 atom stereocenters. The summed E-state index contributed by atoms with van der Waals surface area (Å²) in [4.78, 5) is 2.35. The summed E-state index contributed by atoms with van der Waals surface area (Å²) in [7, 11) is 1.69. The van der Waals surface area contributed by atoms with E-state index in [9.17, 15) is 0 Å². The number of nitrogens with zero attached hydrogens (tertiary/aromatic N) is 1. The van der Waals surface area contributed by atoms with Gasteiger partial charge in [0.1, 0.15) is 5.75 Å². The first-order valence-corrected chi connectivity index (χ1v) is 6.24. The van der Waals surface area contributed by atoms with Gasteiger partial charge in [-0.2, -0.15) is 0 Å². The molecule has 0 N–H and O–H groups in total. The Kier molecular flexibility index (Phi) is 5.64. The Morgan fingerprint density at radius 3 is 2.50 bits per heavy atom. The fraction of sp³-hybridized carbons (Fsp3) is 0.538. The molecule has 3 heteroatoms. The number of hydrogen-bond acceptors (Lipinski definition) is 2. The molecule has 0 bridgehead atoms. The molecule has 1 aromatic carbocycles. The van der Waals surface area contributed by atoms with Crippen LogP contribution in [-0.2, 0) is 0 Å². The largest absolute Gasteiger partial charge is 0.497 e. The maximum atomic E-state index is 6.07. The molecule has 0 aliphatic rings. The van der Waals surface area contributed by atoms with Crippen LogP contribution in [0.1, 0.15) is 25.5 Å². The second kappa shape index (κ2) is 6.77. The van der Waals surface area contributed by atoms with Gasteiger partial charge in [-0.25, -0.2) is 0 Å². The van der Waals surface area contributed by atoms with Crippen LogP contribution < -0.4 is 4.74 Å². The van der Waals surface area contributed by atoms with Gasteiger partial charge in [-0.15, -0.1) is 11.6 Å². The first kappa shape index (κ1) is 13.3. The van der Waals surface area contributed by atoms with Gasteiger partial charge in [0, 0.05) is 11.9 Å². The summed E-state index contributed by atoms with van der Waals surface area (Å²) >= 11 is 6.07. The van der Waals surface area contributed by atoms with Crippen LogP contribution in [0.2, 0.25) is 0 Å². The van der Waals surface area contributed by atoms with Crippen molar-refractivity contribution < 1.29 is 4.74 Å². The zero-order valence-corrected chi connectivity index (χ0v) is 11.0. The van der Waals surface area contributed by atoms with Gasteiger partial charge >= 0.3 is 0 Å². The van der Waals surface area contributed by atoms with Crippen molar-refractivity contribution in [3.63, 3.8) is 0 Å². The Morgan fingerprint density at radius 2 is 2.00 bits per heavy atom. The lowest BCUT2D eigenvalue weighted by Crippen LogP contribution is -2.29. The molecular weight excluding hydrogens is 222 g/mol. The van der Waals surface area contributed by atoms with E-state index in [2.05, 4.69) is 30.9 Å². The summed E-state index contributed by atoms with van der Waals surface area (Å²) in [6, 6.07) is 8.40. The summed E-state index contributed by atoms with van der Waals surface area (Å²) < 4.78 is 5.23. The third-order valence-electron chi connectivity index (χ3n) is 2.88. The molecule has 0 fully saturated rings. The highest BCUT2D eigenvalue weighted by molar-refractivity contribution is 6.18. The van der Waals surface area contributed by atoms with Gasteiger partial charge in [-0.3, -0.25) is 4.90 Å². The molecule has 0 heterocycles. The van der Waals surface area contributed by atoms with E-state index in [-0.39, 0.29) is 6.04 Å². The summed E-state index contributed by atoms with van der Waals surface area (Å²) in [5.74, 6) is 1.49. The zero-order chi connectivity index (χ0) is 12.0. The lowest BCUT2D eigenvalue weighted by Gasteiger charge is -2.28. The molecule has 0 radical (unpaired) electrons. The molecule has 0 amide bonds. The van der Waals surface area contributed by atoms with Crippen molar-refractivity contribution in [2.75, 3.05) is 26.1 Å². The Balaban J connectivity index is 2.93. The SMILES string of the molecule is CCN(CC)C(CCl)c1cccc(OC)c1. The van der Waals surface area contributed by atoms with Crippen LogP contribution in [0.15, 0.2) is 24.3 Å². The molecule has 0 saturated heterocycles. The maximum Gasteiger partial charge on any atom is 0.119 e. The Hall–Kier alpha value is -0.730. The van der Waals surface area contributed by atoms with Gasteiger partial charge in [-0.05, 0) is 30.8 Å². The topological polar surface area (TPSA) is 12.5 Å². The summed E-state index contributed by atoms with van der Waals surface area (Å²) in [6.07, 6.45) is 0. The third-order valence-corrected chi connectivity index (χ3v) is 3.17. The minimum Gasteiger partial charge on any atom is -0.497 e. The number of alkyl halides is 1. The second-order valence-electron chi connectivity index (χ2n) is 3.67. The molecule has 0 aliphatic carbocycles. The van der Waals surface area contributed by atoms with Gasteiger partial charge in [-0.1, -0.05) is 26.0 Å². The smallest absolute Gasteiger partial charge is 0.119 e. The highest BCUT2D eigenvalue weighted by Crippen LogP contribution is 2.25. The van der Waals surface area contributed by atoms with Crippen molar-refractivity contribution in [1.29, 1.82) is 0 Å². The van der Waals surface area contributed by atoms with E-state index in [4.69, 9.17) is 16.3 Å². The van der Waals surface area contributed by atoms with Crippen LogP contribution >= 0.6 is 11.6 Å². The minimum absolute atomic E-state index is 0.270. The monoisotopic (exact) mass is 241 g/mol. The molecule has 0 spiro atoms. The zero-order valence-electron chi connectivity index (χ0n) is 10.2. The molecule has 0 aliphatic heterocycles. The fourth-order valence-electron chi connectivity index (χ4n) is 1.91. The number of ether oxygens (including phenoxy) is 1. The van der Waals surface area contributed by atoms with Gasteiger partial charge in [0.05, 0.1) is 7.11 Å². The van der Waals surface area contributed by atoms with E-state index in [1.54, 1.807) is 7.11 Å². The number of halogens is 1. The average Bonchev–Trinajstić information content (AvgIpc) is 2.35. The van der Waals surface area contributed by atoms with Gasteiger partial charge in [0.2, 0.25) is 0 Å². The number of hydrogen-bond donors (Lipinski definition) is 0. The van der Waals surface area contributed by atoms with Gasteiger partial charge in [0.15, 0.2) is 0 Å². The molecule has 90 valence electrons. The first-order valence-electron chi connectivity index (χ1n) is 5.70. The minimum atomic E-state index is 0.270. The number of benzene rings is 1. The van der Waals surface area contributed by atoms with Crippen LogP contribution in [0.4, 0.5) is 0 Å². The molecule has 0 saturated carbocycles. The quantitative estimate of drug-likeness (QED) is 0.709. The lowest BCUT2D eigenvalue weighted by molar-refractivity contribution is 0.236. The van der Waals surface area contributed by atoms with Gasteiger partial charge < -0.3 is 4.74 Å². The molecule has 1 unspecified atom stereocenters. The molecular formula is C13H20ClNO. The number of methoxy groups -OCH3 is 1.